The molecular weight excluding hydrogens is 389 g/mol. The van der Waals surface area contributed by atoms with E-state index >= 15 is 0 Å². The molecule has 0 bridgehead atoms. The summed E-state index contributed by atoms with van der Waals surface area (Å²) in [6.07, 6.45) is 0.0502. The first-order valence-corrected chi connectivity index (χ1v) is 10.5. The normalized spacial score (nSPS) is 25.2. The molecule has 2 aromatic carbocycles. The number of hydrogen-bond donors (Lipinski definition) is 0. The minimum absolute atomic E-state index is 0.0250. The van der Waals surface area contributed by atoms with Crippen molar-refractivity contribution in [3.05, 3.63) is 70.3 Å². The molecule has 4 rings (SSSR count). The van der Waals surface area contributed by atoms with Gasteiger partial charge in [0.25, 0.3) is 0 Å². The highest BCUT2D eigenvalue weighted by Crippen LogP contribution is 2.33. The highest BCUT2D eigenvalue weighted by atomic mass is 19.1. The van der Waals surface area contributed by atoms with Gasteiger partial charge in [0.1, 0.15) is 17.8 Å². The summed E-state index contributed by atoms with van der Waals surface area (Å²) in [4.78, 5) is 16.6. The van der Waals surface area contributed by atoms with Crippen molar-refractivity contribution < 1.29 is 18.0 Å². The van der Waals surface area contributed by atoms with Crippen LogP contribution in [0.3, 0.4) is 0 Å². The number of amides is 1. The maximum Gasteiger partial charge on any atom is 0.240 e. The number of hydrogen-bond acceptors (Lipinski definition) is 2. The molecule has 2 aliphatic heterocycles. The first-order valence-electron chi connectivity index (χ1n) is 10.5. The topological polar surface area (TPSA) is 23.6 Å². The molecule has 2 heterocycles. The number of alkyl halides is 1. The number of likely N-dealkylation sites (tertiary alicyclic amines) is 2. The molecule has 2 aromatic rings. The molecule has 2 saturated heterocycles. The van der Waals surface area contributed by atoms with Crippen LogP contribution < -0.4 is 0 Å². The minimum atomic E-state index is -1.14. The zero-order valence-corrected chi connectivity index (χ0v) is 17.4. The van der Waals surface area contributed by atoms with Crippen molar-refractivity contribution >= 4 is 5.91 Å². The van der Waals surface area contributed by atoms with Crippen LogP contribution in [-0.4, -0.2) is 47.6 Å². The number of benzene rings is 2. The summed E-state index contributed by atoms with van der Waals surface area (Å²) in [5.41, 5.74) is 2.58. The fourth-order valence-electron chi connectivity index (χ4n) is 4.60. The van der Waals surface area contributed by atoms with Crippen molar-refractivity contribution in [2.75, 3.05) is 19.6 Å². The van der Waals surface area contributed by atoms with Gasteiger partial charge in [0.05, 0.1) is 6.04 Å². The lowest BCUT2D eigenvalue weighted by Crippen LogP contribution is -2.49. The van der Waals surface area contributed by atoms with Crippen molar-refractivity contribution in [3.8, 4) is 0 Å². The van der Waals surface area contributed by atoms with E-state index in [1.165, 1.54) is 12.1 Å². The van der Waals surface area contributed by atoms with E-state index in [1.807, 2.05) is 11.0 Å². The fourth-order valence-corrected chi connectivity index (χ4v) is 4.60. The van der Waals surface area contributed by atoms with Crippen LogP contribution in [0.4, 0.5) is 13.2 Å². The van der Waals surface area contributed by atoms with Gasteiger partial charge in [-0.25, -0.2) is 13.2 Å². The first kappa shape index (κ1) is 20.9. The molecule has 3 atom stereocenters. The van der Waals surface area contributed by atoms with E-state index in [9.17, 15) is 18.0 Å². The van der Waals surface area contributed by atoms with E-state index < -0.39 is 6.17 Å². The zero-order valence-electron chi connectivity index (χ0n) is 17.4. The molecule has 30 heavy (non-hydrogen) atoms. The maximum absolute atomic E-state index is 15.0. The first-order chi connectivity index (χ1) is 14.3. The summed E-state index contributed by atoms with van der Waals surface area (Å²) in [6.45, 7) is 5.12. The quantitative estimate of drug-likeness (QED) is 0.732. The highest BCUT2D eigenvalue weighted by Gasteiger charge is 2.40. The van der Waals surface area contributed by atoms with Gasteiger partial charge in [-0.05, 0) is 67.6 Å². The number of rotatable bonds is 4. The lowest BCUT2D eigenvalue weighted by Gasteiger charge is -2.37. The van der Waals surface area contributed by atoms with E-state index in [4.69, 9.17) is 0 Å². The third-order valence-electron chi connectivity index (χ3n) is 6.52. The lowest BCUT2D eigenvalue weighted by atomic mass is 9.87. The van der Waals surface area contributed by atoms with Crippen molar-refractivity contribution in [1.82, 2.24) is 9.80 Å². The van der Waals surface area contributed by atoms with E-state index in [1.54, 1.807) is 36.9 Å². The van der Waals surface area contributed by atoms with Gasteiger partial charge in [-0.15, -0.1) is 0 Å². The Hall–Kier alpha value is -2.34. The van der Waals surface area contributed by atoms with Crippen LogP contribution in [0.1, 0.15) is 41.0 Å². The second-order valence-electron chi connectivity index (χ2n) is 8.56. The van der Waals surface area contributed by atoms with Crippen LogP contribution in [0.25, 0.3) is 0 Å². The SMILES string of the molecule is Cc1ccc(CN2CC[C@@H](N3CC[C@@H](c4ccc(C)c(F)c4)[C@H](F)C3)C2=O)cc1F. The monoisotopic (exact) mass is 416 g/mol. The molecule has 0 aromatic heterocycles. The van der Waals surface area contributed by atoms with Gasteiger partial charge in [0.2, 0.25) is 5.91 Å². The Kier molecular flexibility index (Phi) is 5.87. The Labute approximate surface area is 175 Å². The largest absolute Gasteiger partial charge is 0.337 e. The Morgan fingerprint density at radius 2 is 1.67 bits per heavy atom. The fraction of sp³-hybridized carbons (Fsp3) is 0.458. The van der Waals surface area contributed by atoms with Gasteiger partial charge >= 0.3 is 0 Å². The molecule has 160 valence electrons. The van der Waals surface area contributed by atoms with Crippen LogP contribution >= 0.6 is 0 Å². The summed E-state index contributed by atoms with van der Waals surface area (Å²) in [5.74, 6) is -0.954. The molecule has 2 aliphatic rings. The number of nitrogens with zero attached hydrogens (tertiary/aromatic N) is 2. The number of carbonyl (C=O) groups excluding carboxylic acids is 1. The number of aryl methyl sites for hydroxylation is 2. The Morgan fingerprint density at radius 1 is 0.967 bits per heavy atom. The van der Waals surface area contributed by atoms with Crippen molar-refractivity contribution in [3.63, 3.8) is 0 Å². The number of carbonyl (C=O) groups is 1. The summed E-state index contributed by atoms with van der Waals surface area (Å²) in [6, 6.07) is 9.61. The molecule has 0 spiro atoms. The van der Waals surface area contributed by atoms with E-state index in [0.29, 0.717) is 49.2 Å². The third-order valence-corrected chi connectivity index (χ3v) is 6.52. The Morgan fingerprint density at radius 3 is 2.33 bits per heavy atom. The van der Waals surface area contributed by atoms with Gasteiger partial charge in [-0.2, -0.15) is 0 Å². The van der Waals surface area contributed by atoms with Crippen molar-refractivity contribution in [2.24, 2.45) is 0 Å². The van der Waals surface area contributed by atoms with Gasteiger partial charge in [-0.3, -0.25) is 9.69 Å². The third kappa shape index (κ3) is 4.10. The van der Waals surface area contributed by atoms with Gasteiger partial charge in [-0.1, -0.05) is 24.3 Å². The minimum Gasteiger partial charge on any atom is -0.337 e. The number of piperidine rings is 1. The molecule has 3 nitrogen and oxygen atoms in total. The maximum atomic E-state index is 15.0. The molecule has 0 aliphatic carbocycles. The van der Waals surface area contributed by atoms with Crippen molar-refractivity contribution in [2.45, 2.75) is 51.4 Å². The van der Waals surface area contributed by atoms with Crippen LogP contribution in [0.15, 0.2) is 36.4 Å². The van der Waals surface area contributed by atoms with E-state index in [2.05, 4.69) is 0 Å². The Bertz CT molecular complexity index is 948. The summed E-state index contributed by atoms with van der Waals surface area (Å²) >= 11 is 0. The summed E-state index contributed by atoms with van der Waals surface area (Å²) < 4.78 is 42.7. The van der Waals surface area contributed by atoms with Gasteiger partial charge in [0, 0.05) is 25.6 Å². The predicted molar refractivity (Wildman–Crippen MR) is 110 cm³/mol. The smallest absolute Gasteiger partial charge is 0.240 e. The average Bonchev–Trinajstić information content (AvgIpc) is 3.07. The van der Waals surface area contributed by atoms with Crippen molar-refractivity contribution in [1.29, 1.82) is 0 Å². The number of halogens is 3. The predicted octanol–water partition coefficient (Wildman–Crippen LogP) is 4.51. The summed E-state index contributed by atoms with van der Waals surface area (Å²) in [5, 5.41) is 0. The summed E-state index contributed by atoms with van der Waals surface area (Å²) in [7, 11) is 0. The zero-order chi connectivity index (χ0) is 21.4. The molecule has 0 radical (unpaired) electrons. The van der Waals surface area contributed by atoms with Crippen LogP contribution in [0.5, 0.6) is 0 Å². The Balaban J connectivity index is 1.39. The average molecular weight is 416 g/mol. The second kappa shape index (κ2) is 8.42. The molecule has 6 heteroatoms. The second-order valence-corrected chi connectivity index (χ2v) is 8.56. The highest BCUT2D eigenvalue weighted by molar-refractivity contribution is 5.84. The van der Waals surface area contributed by atoms with E-state index in [-0.39, 0.29) is 36.0 Å². The van der Waals surface area contributed by atoms with Crippen LogP contribution in [0.2, 0.25) is 0 Å². The molecule has 0 N–H and O–H groups in total. The molecular formula is C24H27F3N2O. The lowest BCUT2D eigenvalue weighted by molar-refractivity contribution is -0.133. The molecule has 0 unspecified atom stereocenters. The molecule has 0 saturated carbocycles. The molecule has 1 amide bonds. The standard InChI is InChI=1S/C24H27F3N2O/c1-15-3-5-17(11-20(15)25)13-29-10-8-23(24(29)30)28-9-7-19(22(27)14-28)18-6-4-16(2)21(26)12-18/h3-6,11-12,19,22-23H,7-10,13-14H2,1-2H3/t19-,22+,23+/m0/s1. The van der Waals surface area contributed by atoms with Gasteiger partial charge < -0.3 is 4.90 Å². The van der Waals surface area contributed by atoms with Crippen LogP contribution in [0, 0.1) is 25.5 Å². The van der Waals surface area contributed by atoms with Gasteiger partial charge in [0.15, 0.2) is 0 Å². The van der Waals surface area contributed by atoms with Crippen LogP contribution in [-0.2, 0) is 11.3 Å². The van der Waals surface area contributed by atoms with E-state index in [0.717, 1.165) is 5.56 Å². The molecule has 2 fully saturated rings.